The van der Waals surface area contributed by atoms with Crippen molar-refractivity contribution in [3.8, 4) is 11.1 Å². The molecule has 0 fully saturated rings. The molecule has 2 unspecified atom stereocenters. The standard InChI is InChI=1S/C32H25Br3O4/c1-38-29(36)31(25-6-4-3-5-21(25)22-10-7-18(33)15-26(22)31)13-14-32(30(37)39-2)27-16-19(34)8-11-23(27)24-12-9-20(35)17-28(24)32/h3-12,16-18H,13-15H2,1-2H3. The number of hydrogen-bond donors (Lipinski definition) is 0. The van der Waals surface area contributed by atoms with Crippen LogP contribution in [0.3, 0.4) is 0 Å². The minimum Gasteiger partial charge on any atom is -0.468 e. The van der Waals surface area contributed by atoms with Crippen molar-refractivity contribution in [2.75, 3.05) is 14.2 Å². The summed E-state index contributed by atoms with van der Waals surface area (Å²) in [5, 5.41) is 0. The molecule has 4 nitrogen and oxygen atoms in total. The minimum absolute atomic E-state index is 0.101. The van der Waals surface area contributed by atoms with Crippen LogP contribution < -0.4 is 0 Å². The number of ether oxygens (including phenoxy) is 2. The molecule has 0 bridgehead atoms. The first-order valence-electron chi connectivity index (χ1n) is 12.7. The molecular formula is C32H25Br3O4. The van der Waals surface area contributed by atoms with Gasteiger partial charge in [0.1, 0.15) is 10.8 Å². The summed E-state index contributed by atoms with van der Waals surface area (Å²) in [4.78, 5) is 28.1. The van der Waals surface area contributed by atoms with Crippen LogP contribution in [0.15, 0.2) is 87.3 Å². The minimum atomic E-state index is -1.11. The van der Waals surface area contributed by atoms with Gasteiger partial charge in [0.05, 0.1) is 14.2 Å². The van der Waals surface area contributed by atoms with Gasteiger partial charge in [0.25, 0.3) is 0 Å². The SMILES string of the molecule is COC(=O)C1(CCC2(C(=O)OC)c3cc(Br)ccc3-c3ccc(Br)cc32)C2=C(C=CC(Br)C2)c2ccccc21. The van der Waals surface area contributed by atoms with E-state index < -0.39 is 10.8 Å². The molecule has 2 atom stereocenters. The highest BCUT2D eigenvalue weighted by Crippen LogP contribution is 2.58. The van der Waals surface area contributed by atoms with Gasteiger partial charge in [-0.05, 0) is 88.1 Å². The molecule has 0 spiro atoms. The van der Waals surface area contributed by atoms with E-state index in [2.05, 4.69) is 66.0 Å². The predicted molar refractivity (Wildman–Crippen MR) is 163 cm³/mol. The molecule has 0 saturated carbocycles. The zero-order chi connectivity index (χ0) is 27.5. The van der Waals surface area contributed by atoms with Crippen molar-refractivity contribution in [1.29, 1.82) is 0 Å². The molecule has 3 aliphatic rings. The Bertz CT molecular complexity index is 1550. The number of hydrogen-bond acceptors (Lipinski definition) is 4. The van der Waals surface area contributed by atoms with Gasteiger partial charge in [-0.2, -0.15) is 0 Å². The van der Waals surface area contributed by atoms with E-state index in [-0.39, 0.29) is 16.8 Å². The van der Waals surface area contributed by atoms with E-state index in [1.54, 1.807) is 0 Å². The molecule has 7 heteroatoms. The molecule has 0 aliphatic heterocycles. The average molecular weight is 713 g/mol. The smallest absolute Gasteiger partial charge is 0.320 e. The molecule has 0 amide bonds. The maximum Gasteiger partial charge on any atom is 0.320 e. The van der Waals surface area contributed by atoms with Crippen molar-refractivity contribution >= 4 is 65.3 Å². The summed E-state index contributed by atoms with van der Waals surface area (Å²) in [7, 11) is 2.88. The van der Waals surface area contributed by atoms with E-state index in [0.29, 0.717) is 19.3 Å². The Morgan fingerprint density at radius 2 is 1.36 bits per heavy atom. The second-order valence-corrected chi connectivity index (χ2v) is 13.2. The average Bonchev–Trinajstić information content (AvgIpc) is 3.38. The Morgan fingerprint density at radius 1 is 0.795 bits per heavy atom. The third-order valence-electron chi connectivity index (χ3n) is 8.50. The first-order valence-corrected chi connectivity index (χ1v) is 15.2. The molecule has 198 valence electrons. The summed E-state index contributed by atoms with van der Waals surface area (Å²) < 4.78 is 12.8. The van der Waals surface area contributed by atoms with Gasteiger partial charge in [0, 0.05) is 13.8 Å². The lowest BCUT2D eigenvalue weighted by molar-refractivity contribution is -0.149. The number of benzene rings is 3. The van der Waals surface area contributed by atoms with Crippen molar-refractivity contribution < 1.29 is 19.1 Å². The predicted octanol–water partition coefficient (Wildman–Crippen LogP) is 8.03. The molecule has 6 rings (SSSR count). The molecule has 3 aliphatic carbocycles. The number of carbonyl (C=O) groups excluding carboxylic acids is 2. The van der Waals surface area contributed by atoms with Gasteiger partial charge >= 0.3 is 11.9 Å². The van der Waals surface area contributed by atoms with E-state index in [1.807, 2.05) is 54.6 Å². The summed E-state index contributed by atoms with van der Waals surface area (Å²) in [6, 6.07) is 20.1. The van der Waals surface area contributed by atoms with Crippen LogP contribution in [0.4, 0.5) is 0 Å². The van der Waals surface area contributed by atoms with Gasteiger partial charge in [-0.25, -0.2) is 0 Å². The summed E-state index contributed by atoms with van der Waals surface area (Å²) >= 11 is 11.0. The van der Waals surface area contributed by atoms with Crippen LogP contribution in [-0.2, 0) is 29.9 Å². The summed E-state index contributed by atoms with van der Waals surface area (Å²) in [6.45, 7) is 0. The van der Waals surface area contributed by atoms with E-state index in [9.17, 15) is 9.59 Å². The van der Waals surface area contributed by atoms with Crippen molar-refractivity contribution in [3.05, 3.63) is 110 Å². The highest BCUT2D eigenvalue weighted by molar-refractivity contribution is 9.10. The Balaban J connectivity index is 1.59. The van der Waals surface area contributed by atoms with Crippen LogP contribution in [-0.4, -0.2) is 31.0 Å². The fraction of sp³-hybridized carbons (Fsp3) is 0.250. The zero-order valence-corrected chi connectivity index (χ0v) is 26.2. The van der Waals surface area contributed by atoms with E-state index in [0.717, 1.165) is 53.5 Å². The van der Waals surface area contributed by atoms with Gasteiger partial charge in [-0.15, -0.1) is 0 Å². The third kappa shape index (κ3) is 3.80. The van der Waals surface area contributed by atoms with E-state index in [4.69, 9.17) is 9.47 Å². The monoisotopic (exact) mass is 710 g/mol. The molecule has 3 aromatic carbocycles. The Labute approximate surface area is 252 Å². The highest BCUT2D eigenvalue weighted by atomic mass is 79.9. The van der Waals surface area contributed by atoms with Gasteiger partial charge in [0.15, 0.2) is 0 Å². The normalized spacial score (nSPS) is 21.6. The van der Waals surface area contributed by atoms with Crippen LogP contribution in [0, 0.1) is 0 Å². The zero-order valence-electron chi connectivity index (χ0n) is 21.4. The van der Waals surface area contributed by atoms with Gasteiger partial charge in [0.2, 0.25) is 0 Å². The van der Waals surface area contributed by atoms with Crippen molar-refractivity contribution in [2.45, 2.75) is 34.9 Å². The van der Waals surface area contributed by atoms with E-state index >= 15 is 0 Å². The maximum atomic E-state index is 14.0. The van der Waals surface area contributed by atoms with Crippen molar-refractivity contribution in [1.82, 2.24) is 0 Å². The Hall–Kier alpha value is -2.48. The van der Waals surface area contributed by atoms with Crippen LogP contribution >= 0.6 is 47.8 Å². The lowest BCUT2D eigenvalue weighted by atomic mass is 9.66. The van der Waals surface area contributed by atoms with Gasteiger partial charge < -0.3 is 9.47 Å². The molecule has 0 saturated heterocycles. The number of methoxy groups -OCH3 is 2. The first kappa shape index (κ1) is 26.7. The Kier molecular flexibility index (Phi) is 6.76. The molecule has 0 heterocycles. The molecule has 0 radical (unpaired) electrons. The summed E-state index contributed by atoms with van der Waals surface area (Å²) in [5.74, 6) is -0.655. The Morgan fingerprint density at radius 3 is 1.97 bits per heavy atom. The van der Waals surface area contributed by atoms with E-state index in [1.165, 1.54) is 14.2 Å². The van der Waals surface area contributed by atoms with Gasteiger partial charge in [-0.1, -0.05) is 96.3 Å². The lowest BCUT2D eigenvalue weighted by Crippen LogP contribution is -2.43. The fourth-order valence-electron chi connectivity index (χ4n) is 6.87. The second-order valence-electron chi connectivity index (χ2n) is 10.2. The highest BCUT2D eigenvalue weighted by Gasteiger charge is 2.56. The summed E-state index contributed by atoms with van der Waals surface area (Å²) in [6.07, 6.45) is 5.62. The number of allylic oxidation sites excluding steroid dienone is 3. The number of alkyl halides is 1. The number of esters is 2. The van der Waals surface area contributed by atoms with Crippen LogP contribution in [0.2, 0.25) is 0 Å². The van der Waals surface area contributed by atoms with Gasteiger partial charge in [-0.3, -0.25) is 9.59 Å². The number of fused-ring (bicyclic) bond motifs is 5. The molecular weight excluding hydrogens is 688 g/mol. The lowest BCUT2D eigenvalue weighted by Gasteiger charge is -2.37. The van der Waals surface area contributed by atoms with Crippen LogP contribution in [0.1, 0.15) is 41.5 Å². The van der Waals surface area contributed by atoms with Crippen LogP contribution in [0.5, 0.6) is 0 Å². The largest absolute Gasteiger partial charge is 0.468 e. The molecule has 0 aromatic heterocycles. The van der Waals surface area contributed by atoms with Crippen molar-refractivity contribution in [2.24, 2.45) is 0 Å². The topological polar surface area (TPSA) is 52.6 Å². The molecule has 0 N–H and O–H groups in total. The molecule has 39 heavy (non-hydrogen) atoms. The number of halogens is 3. The third-order valence-corrected chi connectivity index (χ3v) is 10.1. The van der Waals surface area contributed by atoms with Crippen LogP contribution in [0.25, 0.3) is 16.7 Å². The first-order chi connectivity index (χ1) is 18.8. The molecule has 3 aromatic rings. The number of rotatable bonds is 5. The maximum absolute atomic E-state index is 14.0. The quantitative estimate of drug-likeness (QED) is 0.199. The second kappa shape index (κ2) is 9.86. The van der Waals surface area contributed by atoms with Crippen molar-refractivity contribution in [3.63, 3.8) is 0 Å². The summed E-state index contributed by atoms with van der Waals surface area (Å²) in [5.41, 5.74) is 5.66. The fourth-order valence-corrected chi connectivity index (χ4v) is 8.07. The number of carbonyl (C=O) groups is 2.